The van der Waals surface area contributed by atoms with Gasteiger partial charge in [0, 0.05) is 43.1 Å². The maximum Gasteiger partial charge on any atom is 0.261 e. The normalized spacial score (nSPS) is 14.2. The maximum absolute atomic E-state index is 13.5. The molecule has 0 aliphatic carbocycles. The highest BCUT2D eigenvalue weighted by atomic mass is 32.2. The van der Waals surface area contributed by atoms with Gasteiger partial charge in [-0.3, -0.25) is 9.52 Å². The molecule has 1 aliphatic heterocycles. The summed E-state index contributed by atoms with van der Waals surface area (Å²) in [6.07, 6.45) is 0.806. The van der Waals surface area contributed by atoms with E-state index in [1.54, 1.807) is 41.3 Å². The summed E-state index contributed by atoms with van der Waals surface area (Å²) in [5.74, 6) is -0.587. The van der Waals surface area contributed by atoms with Crippen LogP contribution in [0.5, 0.6) is 0 Å². The second-order valence-corrected chi connectivity index (χ2v) is 10.1. The van der Waals surface area contributed by atoms with Gasteiger partial charge in [0.2, 0.25) is 0 Å². The number of amides is 1. The smallest absolute Gasteiger partial charge is 0.261 e. The maximum atomic E-state index is 13.5. The summed E-state index contributed by atoms with van der Waals surface area (Å²) >= 11 is 0. The van der Waals surface area contributed by atoms with Crippen molar-refractivity contribution in [1.29, 1.82) is 5.26 Å². The van der Waals surface area contributed by atoms with Crippen molar-refractivity contribution in [2.75, 3.05) is 35.8 Å². The number of rotatable bonds is 5. The lowest BCUT2D eigenvalue weighted by Gasteiger charge is -2.24. The summed E-state index contributed by atoms with van der Waals surface area (Å²) in [4.78, 5) is 17.0. The van der Waals surface area contributed by atoms with E-state index >= 15 is 0 Å². The third kappa shape index (κ3) is 5.61. The minimum absolute atomic E-state index is 0.0343. The van der Waals surface area contributed by atoms with Crippen LogP contribution < -0.4 is 9.62 Å². The van der Waals surface area contributed by atoms with Crippen molar-refractivity contribution in [3.05, 3.63) is 89.2 Å². The lowest BCUT2D eigenvalue weighted by Crippen LogP contribution is -2.35. The van der Waals surface area contributed by atoms with Crippen LogP contribution in [-0.2, 0) is 10.0 Å². The van der Waals surface area contributed by atoms with Crippen LogP contribution >= 0.6 is 0 Å². The topological polar surface area (TPSA) is 93.5 Å². The lowest BCUT2D eigenvalue weighted by molar-refractivity contribution is 0.0767. The molecule has 0 bridgehead atoms. The SMILES string of the molecule is Cc1cc(S(=O)(=O)Nc2ccc(C(=O)N3CCCN(c4ccc(C#N)cc4)CC3)cc2)ccc1F. The second-order valence-electron chi connectivity index (χ2n) is 8.39. The molecule has 0 aromatic heterocycles. The van der Waals surface area contributed by atoms with Crippen molar-refractivity contribution < 1.29 is 17.6 Å². The Morgan fingerprint density at radius 2 is 1.69 bits per heavy atom. The highest BCUT2D eigenvalue weighted by Gasteiger charge is 2.21. The molecule has 4 rings (SSSR count). The first-order chi connectivity index (χ1) is 16.8. The van der Waals surface area contributed by atoms with Gasteiger partial charge in [0.15, 0.2) is 0 Å². The van der Waals surface area contributed by atoms with Gasteiger partial charge in [0.05, 0.1) is 16.5 Å². The molecule has 0 spiro atoms. The van der Waals surface area contributed by atoms with Gasteiger partial charge in [-0.1, -0.05) is 0 Å². The Labute approximate surface area is 204 Å². The van der Waals surface area contributed by atoms with Gasteiger partial charge in [-0.05, 0) is 85.6 Å². The van der Waals surface area contributed by atoms with Crippen LogP contribution in [-0.4, -0.2) is 45.4 Å². The molecular formula is C26H25FN4O3S. The number of hydrogen-bond donors (Lipinski definition) is 1. The van der Waals surface area contributed by atoms with Gasteiger partial charge in [-0.15, -0.1) is 0 Å². The molecule has 1 amide bonds. The van der Waals surface area contributed by atoms with Crippen LogP contribution in [0.1, 0.15) is 27.9 Å². The average Bonchev–Trinajstić information content (AvgIpc) is 3.12. The van der Waals surface area contributed by atoms with Crippen molar-refractivity contribution in [3.63, 3.8) is 0 Å². The third-order valence-electron chi connectivity index (χ3n) is 5.97. The van der Waals surface area contributed by atoms with Gasteiger partial charge >= 0.3 is 0 Å². The van der Waals surface area contributed by atoms with E-state index in [-0.39, 0.29) is 16.4 Å². The zero-order chi connectivity index (χ0) is 25.0. The predicted molar refractivity (Wildman–Crippen MR) is 132 cm³/mol. The molecule has 7 nitrogen and oxygen atoms in total. The molecule has 35 heavy (non-hydrogen) atoms. The van der Waals surface area contributed by atoms with Crippen LogP contribution in [0.25, 0.3) is 0 Å². The Balaban J connectivity index is 1.40. The Bertz CT molecular complexity index is 1370. The molecule has 0 unspecified atom stereocenters. The number of nitrogens with one attached hydrogen (secondary N) is 1. The number of benzene rings is 3. The predicted octanol–water partition coefficient (Wildman–Crippen LogP) is 4.16. The Kier molecular flexibility index (Phi) is 7.03. The van der Waals surface area contributed by atoms with E-state index in [2.05, 4.69) is 15.7 Å². The summed E-state index contributed by atoms with van der Waals surface area (Å²) < 4.78 is 41.2. The molecule has 0 atom stereocenters. The molecule has 1 saturated heterocycles. The first kappa shape index (κ1) is 24.2. The fourth-order valence-electron chi connectivity index (χ4n) is 3.99. The Morgan fingerprint density at radius 3 is 2.34 bits per heavy atom. The number of carbonyl (C=O) groups is 1. The fourth-order valence-corrected chi connectivity index (χ4v) is 5.13. The fraction of sp³-hybridized carbons (Fsp3) is 0.231. The zero-order valence-electron chi connectivity index (χ0n) is 19.2. The highest BCUT2D eigenvalue weighted by Crippen LogP contribution is 2.21. The minimum Gasteiger partial charge on any atom is -0.370 e. The van der Waals surface area contributed by atoms with Crippen LogP contribution in [0.4, 0.5) is 15.8 Å². The first-order valence-corrected chi connectivity index (χ1v) is 12.7. The zero-order valence-corrected chi connectivity index (χ0v) is 20.1. The Hall–Kier alpha value is -3.90. The summed E-state index contributed by atoms with van der Waals surface area (Å²) in [6, 6.07) is 19.4. The molecule has 1 heterocycles. The van der Waals surface area contributed by atoms with Crippen molar-refractivity contribution in [2.45, 2.75) is 18.2 Å². The van der Waals surface area contributed by atoms with Crippen LogP contribution in [0.2, 0.25) is 0 Å². The second kappa shape index (κ2) is 10.2. The van der Waals surface area contributed by atoms with Crippen LogP contribution in [0, 0.1) is 24.1 Å². The van der Waals surface area contributed by atoms with Crippen LogP contribution in [0.15, 0.2) is 71.6 Å². The highest BCUT2D eigenvalue weighted by molar-refractivity contribution is 7.92. The largest absolute Gasteiger partial charge is 0.370 e. The van der Waals surface area contributed by atoms with E-state index in [1.807, 2.05) is 12.1 Å². The number of nitrogens with zero attached hydrogens (tertiary/aromatic N) is 3. The summed E-state index contributed by atoms with van der Waals surface area (Å²) in [5.41, 5.74) is 2.65. The number of aryl methyl sites for hydroxylation is 1. The quantitative estimate of drug-likeness (QED) is 0.577. The summed E-state index contributed by atoms with van der Waals surface area (Å²) in [7, 11) is -3.88. The van der Waals surface area contributed by atoms with Gasteiger partial charge in [0.25, 0.3) is 15.9 Å². The number of sulfonamides is 1. The number of carbonyl (C=O) groups excluding carboxylic acids is 1. The number of hydrogen-bond acceptors (Lipinski definition) is 5. The van der Waals surface area contributed by atoms with E-state index in [0.29, 0.717) is 36.4 Å². The van der Waals surface area contributed by atoms with Crippen LogP contribution in [0.3, 0.4) is 0 Å². The van der Waals surface area contributed by atoms with E-state index < -0.39 is 15.8 Å². The molecule has 3 aromatic rings. The average molecular weight is 493 g/mol. The van der Waals surface area contributed by atoms with Gasteiger partial charge < -0.3 is 9.80 Å². The van der Waals surface area contributed by atoms with Gasteiger partial charge in [-0.2, -0.15) is 5.26 Å². The van der Waals surface area contributed by atoms with E-state index in [0.717, 1.165) is 24.7 Å². The third-order valence-corrected chi connectivity index (χ3v) is 7.35. The lowest BCUT2D eigenvalue weighted by atomic mass is 10.2. The molecule has 1 N–H and O–H groups in total. The number of anilines is 2. The molecule has 1 aliphatic rings. The first-order valence-electron chi connectivity index (χ1n) is 11.2. The van der Waals surface area contributed by atoms with Crippen molar-refractivity contribution in [2.24, 2.45) is 0 Å². The van der Waals surface area contributed by atoms with E-state index in [1.165, 1.54) is 19.1 Å². The van der Waals surface area contributed by atoms with E-state index in [4.69, 9.17) is 5.26 Å². The molecule has 180 valence electrons. The Morgan fingerprint density at radius 1 is 0.971 bits per heavy atom. The molecule has 0 radical (unpaired) electrons. The molecule has 1 fully saturated rings. The number of halogens is 1. The van der Waals surface area contributed by atoms with Crippen molar-refractivity contribution in [1.82, 2.24) is 4.90 Å². The molecule has 9 heteroatoms. The van der Waals surface area contributed by atoms with Gasteiger partial charge in [0.1, 0.15) is 5.82 Å². The molecule has 0 saturated carbocycles. The van der Waals surface area contributed by atoms with Crippen molar-refractivity contribution in [3.8, 4) is 6.07 Å². The molecular weight excluding hydrogens is 467 g/mol. The summed E-state index contributed by atoms with van der Waals surface area (Å²) in [6.45, 7) is 4.15. The molecule has 3 aromatic carbocycles. The monoisotopic (exact) mass is 492 g/mol. The standard InChI is InChI=1S/C26H25FN4O3S/c1-19-17-24(11-12-25(19)27)35(33,34)29-22-7-5-21(6-8-22)26(32)31-14-2-13-30(15-16-31)23-9-3-20(18-28)4-10-23/h3-12,17,29H,2,13-16H2,1H3. The van der Waals surface area contributed by atoms with E-state index in [9.17, 15) is 17.6 Å². The number of nitriles is 1. The van der Waals surface area contributed by atoms with Crippen molar-refractivity contribution >= 4 is 27.3 Å². The summed E-state index contributed by atoms with van der Waals surface area (Å²) in [5, 5.41) is 8.98. The van der Waals surface area contributed by atoms with Gasteiger partial charge in [-0.25, -0.2) is 12.8 Å². The minimum atomic E-state index is -3.88.